The topological polar surface area (TPSA) is 6.48 Å². The SMILES string of the molecule is Cc1ccc(CN2CCN(Cc3ccccc3F)[C@@H]2c2cccc(F)c2)cc1. The Morgan fingerprint density at radius 1 is 0.821 bits per heavy atom. The van der Waals surface area contributed by atoms with Crippen molar-refractivity contribution in [2.75, 3.05) is 13.1 Å². The summed E-state index contributed by atoms with van der Waals surface area (Å²) in [6.45, 7) is 5.00. The molecule has 1 heterocycles. The van der Waals surface area contributed by atoms with E-state index in [0.717, 1.165) is 25.2 Å². The Hall–Kier alpha value is -2.56. The lowest BCUT2D eigenvalue weighted by Crippen LogP contribution is -2.30. The third-order valence-electron chi connectivity index (χ3n) is 5.35. The zero-order chi connectivity index (χ0) is 19.5. The largest absolute Gasteiger partial charge is 0.278 e. The van der Waals surface area contributed by atoms with Gasteiger partial charge in [0.1, 0.15) is 11.6 Å². The summed E-state index contributed by atoms with van der Waals surface area (Å²) in [6, 6.07) is 22.1. The van der Waals surface area contributed by atoms with Crippen LogP contribution >= 0.6 is 0 Å². The van der Waals surface area contributed by atoms with E-state index in [1.807, 2.05) is 18.2 Å². The predicted molar refractivity (Wildman–Crippen MR) is 108 cm³/mol. The zero-order valence-electron chi connectivity index (χ0n) is 16.0. The number of hydrogen-bond acceptors (Lipinski definition) is 2. The molecule has 1 aliphatic heterocycles. The van der Waals surface area contributed by atoms with E-state index in [1.165, 1.54) is 23.3 Å². The molecule has 1 aliphatic rings. The molecule has 0 bridgehead atoms. The van der Waals surface area contributed by atoms with E-state index in [4.69, 9.17) is 0 Å². The lowest BCUT2D eigenvalue weighted by atomic mass is 10.1. The average molecular weight is 378 g/mol. The fraction of sp³-hybridized carbons (Fsp3) is 0.250. The molecule has 1 saturated heterocycles. The normalized spacial score (nSPS) is 17.9. The quantitative estimate of drug-likeness (QED) is 0.595. The minimum Gasteiger partial charge on any atom is -0.278 e. The summed E-state index contributed by atoms with van der Waals surface area (Å²) < 4.78 is 28.2. The van der Waals surface area contributed by atoms with Crippen LogP contribution in [-0.4, -0.2) is 22.9 Å². The second-order valence-corrected chi connectivity index (χ2v) is 7.45. The minimum absolute atomic E-state index is 0.0865. The molecule has 0 radical (unpaired) electrons. The standard InChI is InChI=1S/C24H24F2N2/c1-18-9-11-19(12-10-18)16-27-13-14-28(17-21-5-2-3-8-23(21)26)24(27)20-6-4-7-22(25)15-20/h2-12,15,24H,13-14,16-17H2,1H3/t24-/m1/s1. The van der Waals surface area contributed by atoms with Gasteiger partial charge in [0.05, 0.1) is 6.17 Å². The number of hydrogen-bond donors (Lipinski definition) is 0. The second-order valence-electron chi connectivity index (χ2n) is 7.45. The van der Waals surface area contributed by atoms with Crippen LogP contribution in [0.5, 0.6) is 0 Å². The molecular weight excluding hydrogens is 354 g/mol. The van der Waals surface area contributed by atoms with Crippen molar-refractivity contribution < 1.29 is 8.78 Å². The highest BCUT2D eigenvalue weighted by Gasteiger charge is 2.33. The maximum Gasteiger partial charge on any atom is 0.127 e. The van der Waals surface area contributed by atoms with Crippen molar-refractivity contribution >= 4 is 0 Å². The summed E-state index contributed by atoms with van der Waals surface area (Å²) >= 11 is 0. The van der Waals surface area contributed by atoms with E-state index in [1.54, 1.807) is 18.2 Å². The summed E-state index contributed by atoms with van der Waals surface area (Å²) in [7, 11) is 0. The Morgan fingerprint density at radius 3 is 2.25 bits per heavy atom. The molecule has 1 atom stereocenters. The summed E-state index contributed by atoms with van der Waals surface area (Å²) in [6.07, 6.45) is -0.0865. The first-order valence-electron chi connectivity index (χ1n) is 9.63. The van der Waals surface area contributed by atoms with Crippen molar-refractivity contribution in [1.82, 2.24) is 9.80 Å². The summed E-state index contributed by atoms with van der Waals surface area (Å²) in [5.74, 6) is -0.442. The Morgan fingerprint density at radius 2 is 1.54 bits per heavy atom. The first kappa shape index (κ1) is 18.8. The maximum absolute atomic E-state index is 14.2. The lowest BCUT2D eigenvalue weighted by Gasteiger charge is -2.31. The molecule has 0 N–H and O–H groups in total. The highest BCUT2D eigenvalue weighted by Crippen LogP contribution is 2.33. The van der Waals surface area contributed by atoms with Gasteiger partial charge in [-0.2, -0.15) is 0 Å². The van der Waals surface area contributed by atoms with Crippen molar-refractivity contribution in [2.45, 2.75) is 26.2 Å². The van der Waals surface area contributed by atoms with Gasteiger partial charge in [-0.15, -0.1) is 0 Å². The third kappa shape index (κ3) is 4.13. The molecule has 28 heavy (non-hydrogen) atoms. The van der Waals surface area contributed by atoms with E-state index in [9.17, 15) is 8.78 Å². The van der Waals surface area contributed by atoms with Gasteiger partial charge in [0.25, 0.3) is 0 Å². The van der Waals surface area contributed by atoms with Crippen LogP contribution in [0.2, 0.25) is 0 Å². The van der Waals surface area contributed by atoms with Gasteiger partial charge in [0, 0.05) is 31.7 Å². The van der Waals surface area contributed by atoms with Gasteiger partial charge in [-0.25, -0.2) is 8.78 Å². The maximum atomic E-state index is 14.2. The zero-order valence-corrected chi connectivity index (χ0v) is 16.0. The van der Waals surface area contributed by atoms with Gasteiger partial charge in [-0.05, 0) is 36.2 Å². The van der Waals surface area contributed by atoms with Crippen LogP contribution in [0.3, 0.4) is 0 Å². The monoisotopic (exact) mass is 378 g/mol. The molecule has 2 nitrogen and oxygen atoms in total. The number of aryl methyl sites for hydroxylation is 1. The number of rotatable bonds is 5. The molecular formula is C24H24F2N2. The smallest absolute Gasteiger partial charge is 0.127 e. The van der Waals surface area contributed by atoms with Gasteiger partial charge in [-0.1, -0.05) is 60.2 Å². The van der Waals surface area contributed by atoms with Gasteiger partial charge in [0.15, 0.2) is 0 Å². The Kier molecular flexibility index (Phi) is 5.51. The molecule has 0 unspecified atom stereocenters. The van der Waals surface area contributed by atoms with E-state index in [2.05, 4.69) is 41.0 Å². The fourth-order valence-corrected chi connectivity index (χ4v) is 3.93. The fourth-order valence-electron chi connectivity index (χ4n) is 3.93. The summed E-state index contributed by atoms with van der Waals surface area (Å²) in [5, 5.41) is 0. The number of halogens is 2. The van der Waals surface area contributed by atoms with Crippen LogP contribution in [0, 0.1) is 18.6 Å². The first-order valence-corrected chi connectivity index (χ1v) is 9.63. The molecule has 144 valence electrons. The van der Waals surface area contributed by atoms with Crippen LogP contribution in [0.25, 0.3) is 0 Å². The van der Waals surface area contributed by atoms with E-state index >= 15 is 0 Å². The second kappa shape index (κ2) is 8.21. The molecule has 1 fully saturated rings. The molecule has 0 amide bonds. The minimum atomic E-state index is -0.245. The van der Waals surface area contributed by atoms with Gasteiger partial charge < -0.3 is 0 Å². The molecule has 3 aromatic carbocycles. The molecule has 0 saturated carbocycles. The molecule has 0 aliphatic carbocycles. The first-order chi connectivity index (χ1) is 13.6. The van der Waals surface area contributed by atoms with Crippen LogP contribution in [0.1, 0.15) is 28.4 Å². The third-order valence-corrected chi connectivity index (χ3v) is 5.35. The Bertz CT molecular complexity index is 939. The number of nitrogens with zero attached hydrogens (tertiary/aromatic N) is 2. The Labute approximate surface area is 165 Å². The van der Waals surface area contributed by atoms with Crippen LogP contribution in [0.15, 0.2) is 72.8 Å². The van der Waals surface area contributed by atoms with Crippen LogP contribution in [0.4, 0.5) is 8.78 Å². The van der Waals surface area contributed by atoms with Gasteiger partial charge >= 0.3 is 0 Å². The van der Waals surface area contributed by atoms with Crippen molar-refractivity contribution in [1.29, 1.82) is 0 Å². The molecule has 3 aromatic rings. The van der Waals surface area contributed by atoms with Gasteiger partial charge in [-0.3, -0.25) is 9.80 Å². The summed E-state index contributed by atoms with van der Waals surface area (Å²) in [4.78, 5) is 4.56. The van der Waals surface area contributed by atoms with Crippen molar-refractivity contribution in [2.24, 2.45) is 0 Å². The molecule has 0 aromatic heterocycles. The van der Waals surface area contributed by atoms with E-state index in [0.29, 0.717) is 12.1 Å². The lowest BCUT2D eigenvalue weighted by molar-refractivity contribution is 0.124. The average Bonchev–Trinajstić information content (AvgIpc) is 3.07. The molecule has 4 heteroatoms. The highest BCUT2D eigenvalue weighted by atomic mass is 19.1. The molecule has 4 rings (SSSR count). The van der Waals surface area contributed by atoms with Crippen molar-refractivity contribution in [3.8, 4) is 0 Å². The summed E-state index contributed by atoms with van der Waals surface area (Å²) in [5.41, 5.74) is 4.02. The van der Waals surface area contributed by atoms with Crippen LogP contribution < -0.4 is 0 Å². The van der Waals surface area contributed by atoms with Crippen molar-refractivity contribution in [3.05, 3.63) is 107 Å². The predicted octanol–water partition coefficient (Wildman–Crippen LogP) is 5.29. The van der Waals surface area contributed by atoms with Crippen LogP contribution in [-0.2, 0) is 13.1 Å². The van der Waals surface area contributed by atoms with Crippen molar-refractivity contribution in [3.63, 3.8) is 0 Å². The van der Waals surface area contributed by atoms with E-state index in [-0.39, 0.29) is 17.8 Å². The molecule has 0 spiro atoms. The van der Waals surface area contributed by atoms with E-state index < -0.39 is 0 Å². The Balaban J connectivity index is 1.62. The number of benzene rings is 3. The highest BCUT2D eigenvalue weighted by molar-refractivity contribution is 5.25. The van der Waals surface area contributed by atoms with Gasteiger partial charge in [0.2, 0.25) is 0 Å².